The minimum absolute atomic E-state index is 0.115. The van der Waals surface area contributed by atoms with Crippen LogP contribution in [0.15, 0.2) is 24.3 Å². The molecular formula is C11H15NO4. The highest BCUT2D eigenvalue weighted by Crippen LogP contribution is 2.13. The topological polar surface area (TPSA) is 81.8 Å². The molecule has 5 nitrogen and oxygen atoms in total. The van der Waals surface area contributed by atoms with Crippen LogP contribution in [0.25, 0.3) is 0 Å². The number of benzene rings is 1. The van der Waals surface area contributed by atoms with Gasteiger partial charge in [-0.2, -0.15) is 0 Å². The van der Waals surface area contributed by atoms with Crippen LogP contribution in [-0.2, 0) is 16.1 Å². The molecule has 5 heteroatoms. The normalized spacial score (nSPS) is 11.9. The van der Waals surface area contributed by atoms with Gasteiger partial charge in [0.2, 0.25) is 0 Å². The van der Waals surface area contributed by atoms with E-state index in [1.165, 1.54) is 0 Å². The molecule has 0 saturated heterocycles. The maximum absolute atomic E-state index is 11.2. The van der Waals surface area contributed by atoms with Crippen LogP contribution in [0.1, 0.15) is 5.56 Å². The minimum atomic E-state index is -0.981. The molecule has 0 spiro atoms. The zero-order chi connectivity index (χ0) is 12.0. The lowest BCUT2D eigenvalue weighted by Crippen LogP contribution is -2.35. The van der Waals surface area contributed by atoms with Crippen molar-refractivity contribution >= 4 is 5.97 Å². The Morgan fingerprint density at radius 1 is 1.56 bits per heavy atom. The summed E-state index contributed by atoms with van der Waals surface area (Å²) in [5, 5.41) is 8.64. The molecule has 0 unspecified atom stereocenters. The Bertz CT molecular complexity index is 354. The highest BCUT2D eigenvalue weighted by atomic mass is 16.5. The van der Waals surface area contributed by atoms with Crippen molar-refractivity contribution in [2.45, 2.75) is 12.6 Å². The highest BCUT2D eigenvalue weighted by molar-refractivity contribution is 5.75. The number of carbonyl (C=O) groups is 1. The molecule has 0 aliphatic carbocycles. The predicted octanol–water partition coefficient (Wildman–Crippen LogP) is 0.0580. The SMILES string of the molecule is COc1cccc(COC(=O)[C@H](N)CO)c1. The van der Waals surface area contributed by atoms with Gasteiger partial charge in [-0.3, -0.25) is 4.79 Å². The van der Waals surface area contributed by atoms with E-state index in [-0.39, 0.29) is 6.61 Å². The van der Waals surface area contributed by atoms with E-state index in [0.717, 1.165) is 5.56 Å². The summed E-state index contributed by atoms with van der Waals surface area (Å²) < 4.78 is 9.93. The molecule has 0 fully saturated rings. The summed E-state index contributed by atoms with van der Waals surface area (Å²) in [5.41, 5.74) is 6.09. The number of esters is 1. The summed E-state index contributed by atoms with van der Waals surface area (Å²) in [6.07, 6.45) is 0. The monoisotopic (exact) mass is 225 g/mol. The largest absolute Gasteiger partial charge is 0.497 e. The first-order valence-electron chi connectivity index (χ1n) is 4.83. The van der Waals surface area contributed by atoms with E-state index in [4.69, 9.17) is 20.3 Å². The number of hydrogen-bond acceptors (Lipinski definition) is 5. The molecule has 1 aromatic rings. The van der Waals surface area contributed by atoms with Gasteiger partial charge in [0, 0.05) is 0 Å². The van der Waals surface area contributed by atoms with E-state index < -0.39 is 18.6 Å². The summed E-state index contributed by atoms with van der Waals surface area (Å²) in [6, 6.07) is 6.18. The second-order valence-corrected chi connectivity index (χ2v) is 3.25. The van der Waals surface area contributed by atoms with E-state index in [2.05, 4.69) is 0 Å². The number of aliphatic hydroxyl groups excluding tert-OH is 1. The Hall–Kier alpha value is -1.59. The van der Waals surface area contributed by atoms with Crippen LogP contribution in [-0.4, -0.2) is 30.8 Å². The molecule has 88 valence electrons. The van der Waals surface area contributed by atoms with Gasteiger partial charge in [0.05, 0.1) is 13.7 Å². The van der Waals surface area contributed by atoms with Gasteiger partial charge in [-0.15, -0.1) is 0 Å². The Balaban J connectivity index is 2.51. The lowest BCUT2D eigenvalue weighted by atomic mass is 10.2. The Labute approximate surface area is 93.8 Å². The molecule has 0 aliphatic heterocycles. The van der Waals surface area contributed by atoms with Crippen molar-refractivity contribution in [1.82, 2.24) is 0 Å². The molecular weight excluding hydrogens is 210 g/mol. The van der Waals surface area contributed by atoms with Gasteiger partial charge in [-0.05, 0) is 17.7 Å². The number of hydrogen-bond donors (Lipinski definition) is 2. The first kappa shape index (κ1) is 12.5. The molecule has 0 aromatic heterocycles. The van der Waals surface area contributed by atoms with Gasteiger partial charge in [-0.1, -0.05) is 12.1 Å². The predicted molar refractivity (Wildman–Crippen MR) is 57.9 cm³/mol. The quantitative estimate of drug-likeness (QED) is 0.692. The standard InChI is InChI=1S/C11H15NO4/c1-15-9-4-2-3-8(5-9)7-16-11(14)10(12)6-13/h2-5,10,13H,6-7,12H2,1H3/t10-/m1/s1. The first-order valence-corrected chi connectivity index (χ1v) is 4.83. The molecule has 1 aromatic carbocycles. The minimum Gasteiger partial charge on any atom is -0.497 e. The molecule has 0 bridgehead atoms. The second-order valence-electron chi connectivity index (χ2n) is 3.25. The first-order chi connectivity index (χ1) is 7.67. The summed E-state index contributed by atoms with van der Waals surface area (Å²) in [4.78, 5) is 11.2. The average Bonchev–Trinajstić information content (AvgIpc) is 2.35. The van der Waals surface area contributed by atoms with E-state index in [1.54, 1.807) is 31.4 Å². The van der Waals surface area contributed by atoms with Crippen LogP contribution in [0.5, 0.6) is 5.75 Å². The number of carbonyl (C=O) groups excluding carboxylic acids is 1. The molecule has 3 N–H and O–H groups in total. The van der Waals surface area contributed by atoms with E-state index in [1.807, 2.05) is 0 Å². The zero-order valence-electron chi connectivity index (χ0n) is 9.05. The van der Waals surface area contributed by atoms with Gasteiger partial charge in [-0.25, -0.2) is 0 Å². The van der Waals surface area contributed by atoms with Crippen LogP contribution < -0.4 is 10.5 Å². The average molecular weight is 225 g/mol. The number of aliphatic hydroxyl groups is 1. The molecule has 0 radical (unpaired) electrons. The fourth-order valence-electron chi connectivity index (χ4n) is 1.10. The lowest BCUT2D eigenvalue weighted by molar-refractivity contribution is -0.147. The summed E-state index contributed by atoms with van der Waals surface area (Å²) in [6.45, 7) is -0.305. The second kappa shape index (κ2) is 6.09. The van der Waals surface area contributed by atoms with Crippen molar-refractivity contribution < 1.29 is 19.4 Å². The van der Waals surface area contributed by atoms with Gasteiger partial charge in [0.1, 0.15) is 18.4 Å². The maximum atomic E-state index is 11.2. The van der Waals surface area contributed by atoms with Crippen molar-refractivity contribution in [2.75, 3.05) is 13.7 Å². The summed E-state index contributed by atoms with van der Waals surface area (Å²) >= 11 is 0. The number of ether oxygens (including phenoxy) is 2. The number of rotatable bonds is 5. The Morgan fingerprint density at radius 3 is 2.94 bits per heavy atom. The zero-order valence-corrected chi connectivity index (χ0v) is 9.05. The smallest absolute Gasteiger partial charge is 0.325 e. The molecule has 16 heavy (non-hydrogen) atoms. The van der Waals surface area contributed by atoms with E-state index >= 15 is 0 Å². The third-order valence-corrected chi connectivity index (χ3v) is 2.01. The van der Waals surface area contributed by atoms with E-state index in [0.29, 0.717) is 5.75 Å². The third kappa shape index (κ3) is 3.52. The van der Waals surface area contributed by atoms with Gasteiger partial charge >= 0.3 is 5.97 Å². The molecule has 1 atom stereocenters. The molecule has 0 amide bonds. The number of methoxy groups -OCH3 is 1. The third-order valence-electron chi connectivity index (χ3n) is 2.01. The Kier molecular flexibility index (Phi) is 4.75. The van der Waals surface area contributed by atoms with Gasteiger partial charge in [0.25, 0.3) is 0 Å². The fraction of sp³-hybridized carbons (Fsp3) is 0.364. The van der Waals surface area contributed by atoms with Crippen molar-refractivity contribution in [1.29, 1.82) is 0 Å². The Morgan fingerprint density at radius 2 is 2.31 bits per heavy atom. The summed E-state index contributed by atoms with van der Waals surface area (Å²) in [7, 11) is 1.56. The van der Waals surface area contributed by atoms with Gasteiger partial charge < -0.3 is 20.3 Å². The fourth-order valence-corrected chi connectivity index (χ4v) is 1.10. The van der Waals surface area contributed by atoms with Crippen LogP contribution in [0.4, 0.5) is 0 Å². The van der Waals surface area contributed by atoms with Crippen molar-refractivity contribution in [3.05, 3.63) is 29.8 Å². The molecule has 1 rings (SSSR count). The van der Waals surface area contributed by atoms with Crippen LogP contribution in [0.2, 0.25) is 0 Å². The maximum Gasteiger partial charge on any atom is 0.325 e. The molecule has 0 saturated carbocycles. The summed E-state index contributed by atoms with van der Waals surface area (Å²) in [5.74, 6) is 0.0744. The molecule has 0 aliphatic rings. The lowest BCUT2D eigenvalue weighted by Gasteiger charge is -2.09. The van der Waals surface area contributed by atoms with Crippen molar-refractivity contribution in [2.24, 2.45) is 5.73 Å². The van der Waals surface area contributed by atoms with Crippen LogP contribution >= 0.6 is 0 Å². The van der Waals surface area contributed by atoms with Crippen molar-refractivity contribution in [3.8, 4) is 5.75 Å². The highest BCUT2D eigenvalue weighted by Gasteiger charge is 2.13. The van der Waals surface area contributed by atoms with Gasteiger partial charge in [0.15, 0.2) is 0 Å². The van der Waals surface area contributed by atoms with Crippen molar-refractivity contribution in [3.63, 3.8) is 0 Å². The van der Waals surface area contributed by atoms with E-state index in [9.17, 15) is 4.79 Å². The number of nitrogens with two attached hydrogens (primary N) is 1. The van der Waals surface area contributed by atoms with Crippen LogP contribution in [0, 0.1) is 0 Å². The van der Waals surface area contributed by atoms with Crippen LogP contribution in [0.3, 0.4) is 0 Å². The molecule has 0 heterocycles.